The molecular formula is C41H78Na3O19P3. The van der Waals surface area contributed by atoms with Gasteiger partial charge >= 0.3 is 101 Å². The number of hydrogen-bond acceptors (Lipinski definition) is 17. The second kappa shape index (κ2) is 42.5. The molecule has 1 saturated carbocycles. The molecule has 0 saturated heterocycles. The van der Waals surface area contributed by atoms with E-state index in [-0.39, 0.29) is 102 Å². The predicted octanol–water partition coefficient (Wildman–Crippen LogP) is -2.93. The van der Waals surface area contributed by atoms with E-state index in [0.717, 1.165) is 57.8 Å². The van der Waals surface area contributed by atoms with Gasteiger partial charge in [-0.05, 0) is 12.8 Å². The van der Waals surface area contributed by atoms with Crippen LogP contribution in [0.4, 0.5) is 0 Å². The Hall–Kier alpha value is 2.15. The van der Waals surface area contributed by atoms with Crippen molar-refractivity contribution in [2.45, 2.75) is 236 Å². The van der Waals surface area contributed by atoms with Crippen molar-refractivity contribution in [3.63, 3.8) is 0 Å². The van der Waals surface area contributed by atoms with E-state index in [4.69, 9.17) is 23.4 Å². The molecular weight excluding hydrogens is 958 g/mol. The fraction of sp³-hybridized carbons (Fsp3) is 0.951. The zero-order chi connectivity index (χ0) is 47.2. The van der Waals surface area contributed by atoms with E-state index < -0.39 is 91.3 Å². The van der Waals surface area contributed by atoms with Gasteiger partial charge in [0.2, 0.25) is 0 Å². The monoisotopic (exact) mass is 1040 g/mol. The summed E-state index contributed by atoms with van der Waals surface area (Å²) in [5.74, 6) is -1.34. The van der Waals surface area contributed by atoms with Crippen LogP contribution < -0.4 is 103 Å². The molecule has 0 aromatic rings. The Kier molecular flexibility index (Phi) is 46.6. The summed E-state index contributed by atoms with van der Waals surface area (Å²) in [5.41, 5.74) is 0. The van der Waals surface area contributed by atoms with E-state index in [1.807, 2.05) is 0 Å². The number of phosphoric ester groups is 3. The number of rotatable bonds is 40. The molecule has 0 aromatic heterocycles. The molecule has 1 aliphatic rings. The van der Waals surface area contributed by atoms with Crippen LogP contribution in [0.15, 0.2) is 0 Å². The minimum Gasteiger partial charge on any atom is -0.756 e. The Labute approximate surface area is 460 Å². The van der Waals surface area contributed by atoms with E-state index in [9.17, 15) is 58.2 Å². The molecule has 10 atom stereocenters. The van der Waals surface area contributed by atoms with Crippen LogP contribution in [0.5, 0.6) is 0 Å². The van der Waals surface area contributed by atoms with Gasteiger partial charge in [-0.2, -0.15) is 0 Å². The van der Waals surface area contributed by atoms with Crippen LogP contribution >= 0.6 is 23.5 Å². The van der Waals surface area contributed by atoms with Crippen molar-refractivity contribution in [1.29, 1.82) is 0 Å². The van der Waals surface area contributed by atoms with E-state index in [1.54, 1.807) is 0 Å². The first-order valence-corrected chi connectivity index (χ1v) is 27.7. The normalized spacial score (nSPS) is 22.6. The fourth-order valence-corrected chi connectivity index (χ4v) is 9.45. The van der Waals surface area contributed by atoms with Crippen LogP contribution in [0.2, 0.25) is 0 Å². The Morgan fingerprint density at radius 3 is 1.15 bits per heavy atom. The molecule has 5 N–H and O–H groups in total. The van der Waals surface area contributed by atoms with E-state index in [1.165, 1.54) is 96.3 Å². The maximum absolute atomic E-state index is 12.9. The Morgan fingerprint density at radius 1 is 0.470 bits per heavy atom. The molecule has 4 unspecified atom stereocenters. The van der Waals surface area contributed by atoms with Gasteiger partial charge in [0.15, 0.2) is 6.10 Å². The molecule has 374 valence electrons. The topological polar surface area (TPSA) is 311 Å². The van der Waals surface area contributed by atoms with Crippen LogP contribution in [0.3, 0.4) is 0 Å². The first kappa shape index (κ1) is 72.4. The van der Waals surface area contributed by atoms with Crippen molar-refractivity contribution >= 4 is 35.4 Å². The Bertz CT molecular complexity index is 1360. The number of carbonyl (C=O) groups is 2. The third-order valence-electron chi connectivity index (χ3n) is 10.9. The van der Waals surface area contributed by atoms with Gasteiger partial charge in [0.25, 0.3) is 23.5 Å². The van der Waals surface area contributed by atoms with Gasteiger partial charge in [0.1, 0.15) is 43.2 Å². The maximum atomic E-state index is 12.9. The van der Waals surface area contributed by atoms with Gasteiger partial charge < -0.3 is 67.4 Å². The number of aliphatic hydroxyl groups excluding tert-OH is 3. The van der Waals surface area contributed by atoms with Crippen LogP contribution in [0.25, 0.3) is 0 Å². The first-order chi connectivity index (χ1) is 29.8. The summed E-state index contributed by atoms with van der Waals surface area (Å²) in [5, 5.41) is 31.6. The molecule has 0 spiro atoms. The first-order valence-electron chi connectivity index (χ1n) is 23.3. The molecule has 25 heteroatoms. The van der Waals surface area contributed by atoms with Gasteiger partial charge in [0, 0.05) is 12.8 Å². The Balaban J connectivity index is -0.0000132. The second-order valence-electron chi connectivity index (χ2n) is 16.6. The average Bonchev–Trinajstić information content (AvgIpc) is 3.20. The summed E-state index contributed by atoms with van der Waals surface area (Å²) < 4.78 is 64.3. The number of esters is 2. The molecule has 1 rings (SSSR count). The van der Waals surface area contributed by atoms with Crippen molar-refractivity contribution in [2.75, 3.05) is 13.2 Å². The smallest absolute Gasteiger partial charge is 0.756 e. The summed E-state index contributed by atoms with van der Waals surface area (Å²) in [4.78, 5) is 79.4. The quantitative estimate of drug-likeness (QED) is 0.0178. The zero-order valence-electron chi connectivity index (χ0n) is 40.5. The van der Waals surface area contributed by atoms with Gasteiger partial charge in [-0.1, -0.05) is 168 Å². The number of carbonyl (C=O) groups excluding carboxylic acids is 2. The number of phosphoric acid groups is 3. The number of ether oxygens (including phenoxy) is 2. The zero-order valence-corrected chi connectivity index (χ0v) is 49.2. The van der Waals surface area contributed by atoms with Crippen molar-refractivity contribution in [2.24, 2.45) is 0 Å². The van der Waals surface area contributed by atoms with Gasteiger partial charge in [-0.15, -0.1) is 0 Å². The molecule has 66 heavy (non-hydrogen) atoms. The average molecular weight is 1040 g/mol. The molecule has 19 nitrogen and oxygen atoms in total. The third-order valence-corrected chi connectivity index (χ3v) is 12.9. The molecule has 0 bridgehead atoms. The van der Waals surface area contributed by atoms with Crippen LogP contribution in [0, 0.1) is 0 Å². The maximum Gasteiger partial charge on any atom is 1.00 e. The predicted molar refractivity (Wildman–Crippen MR) is 227 cm³/mol. The number of aliphatic hydroxyl groups is 3. The molecule has 1 aliphatic carbocycles. The van der Waals surface area contributed by atoms with Crippen molar-refractivity contribution < 1.29 is 179 Å². The van der Waals surface area contributed by atoms with Crippen LogP contribution in [-0.4, -0.2) is 93.0 Å². The summed E-state index contributed by atoms with van der Waals surface area (Å²) in [6.45, 7) is 2.81. The SMILES string of the molecule is CCCCCCCCCCCCCCCC(=O)OCC(COP(=O)([O-])O[C@H]1[C@@H](O)[C@@H](OP(=O)([O-])O)[C@H](OP(=O)([O-])O)[C@@H](O)[C@@H]1O)OC(=O)CCCCCCCCCCCCCCC.[Na+].[Na+].[Na+]. The number of unbranched alkanes of at least 4 members (excludes halogenated alkanes) is 24. The summed E-state index contributed by atoms with van der Waals surface area (Å²) in [6, 6.07) is 0. The molecule has 0 aliphatic heterocycles. The van der Waals surface area contributed by atoms with Crippen molar-refractivity contribution in [3.05, 3.63) is 0 Å². The van der Waals surface area contributed by atoms with Gasteiger partial charge in [0.05, 0.1) is 6.61 Å². The molecule has 1 fully saturated rings. The van der Waals surface area contributed by atoms with E-state index in [0.29, 0.717) is 12.8 Å². The molecule has 0 amide bonds. The molecule has 0 radical (unpaired) electrons. The largest absolute Gasteiger partial charge is 1.00 e. The van der Waals surface area contributed by atoms with E-state index in [2.05, 4.69) is 22.9 Å². The summed E-state index contributed by atoms with van der Waals surface area (Å²) in [7, 11) is -17.4. The Morgan fingerprint density at radius 2 is 0.788 bits per heavy atom. The van der Waals surface area contributed by atoms with Crippen molar-refractivity contribution in [1.82, 2.24) is 0 Å². The van der Waals surface area contributed by atoms with Crippen LogP contribution in [-0.2, 0) is 50.9 Å². The van der Waals surface area contributed by atoms with Gasteiger partial charge in [-0.25, -0.2) is 0 Å². The van der Waals surface area contributed by atoms with E-state index >= 15 is 0 Å². The summed E-state index contributed by atoms with van der Waals surface area (Å²) in [6.07, 6.45) is 11.7. The minimum atomic E-state index is -5.88. The fourth-order valence-electron chi connectivity index (χ4n) is 7.39. The number of hydrogen-bond donors (Lipinski definition) is 5. The molecule has 0 heterocycles. The van der Waals surface area contributed by atoms with Crippen molar-refractivity contribution in [3.8, 4) is 0 Å². The van der Waals surface area contributed by atoms with Crippen LogP contribution in [0.1, 0.15) is 194 Å². The third kappa shape index (κ3) is 37.8. The second-order valence-corrected chi connectivity index (χ2v) is 20.3. The standard InChI is InChI=1S/C41H81O19P3.3Na/c1-3-5-7-9-11-13-15-17-19-21-23-25-27-29-34(42)55-31-33(57-35(43)30-28-26-24-22-20-18-16-14-12-10-8-6-4-2)32-56-63(53,54)60-39-36(44)37(45)40(58-61(47,48)49)41(38(39)46)59-62(50,51)52;;;/h33,36-41,44-46H,3-32H2,1-2H3,(H,53,54)(H2,47,48,49)(H2,50,51,52);;;/q;3*+1/p-3/t33?,36-,37-,38+,39+,40+,41+;;;/m0.../s1. The van der Waals surface area contributed by atoms with Gasteiger partial charge in [-0.3, -0.25) is 23.3 Å². The summed E-state index contributed by atoms with van der Waals surface area (Å²) >= 11 is 0. The molecule has 0 aromatic carbocycles. The minimum absolute atomic E-state index is 0.